The number of nitrogens with zero attached hydrogens (tertiary/aromatic N) is 3. The van der Waals surface area contributed by atoms with Gasteiger partial charge in [-0.05, 0) is 43.2 Å². The molecule has 0 saturated heterocycles. The average molecular weight is 492 g/mol. The molecule has 6 nitrogen and oxygen atoms in total. The lowest BCUT2D eigenvalue weighted by Gasteiger charge is -2.21. The van der Waals surface area contributed by atoms with Gasteiger partial charge in [0.1, 0.15) is 5.82 Å². The maximum absolute atomic E-state index is 14.3. The van der Waals surface area contributed by atoms with Gasteiger partial charge in [0.25, 0.3) is 5.91 Å². The molecule has 1 aromatic heterocycles. The summed E-state index contributed by atoms with van der Waals surface area (Å²) >= 11 is 0.935. The number of thiazole rings is 1. The molecule has 174 valence electrons. The highest BCUT2D eigenvalue weighted by Crippen LogP contribution is 2.23. The molecule has 1 heterocycles. The van der Waals surface area contributed by atoms with E-state index in [9.17, 15) is 22.0 Å². The quantitative estimate of drug-likeness (QED) is 0.444. The highest BCUT2D eigenvalue weighted by molar-refractivity contribution is 7.89. The number of hydrogen-bond donors (Lipinski definition) is 0. The van der Waals surface area contributed by atoms with Gasteiger partial charge in [0.15, 0.2) is 10.6 Å². The number of hydrogen-bond acceptors (Lipinski definition) is 4. The minimum atomic E-state index is -3.68. The predicted octanol–water partition coefficient (Wildman–Crippen LogP) is 4.17. The zero-order valence-corrected chi connectivity index (χ0v) is 19.8. The van der Waals surface area contributed by atoms with E-state index in [1.807, 2.05) is 13.8 Å². The van der Waals surface area contributed by atoms with Crippen LogP contribution in [0.4, 0.5) is 8.78 Å². The lowest BCUT2D eigenvalue weighted by atomic mass is 10.2. The Balaban J connectivity index is 1.99. The summed E-state index contributed by atoms with van der Waals surface area (Å²) in [7, 11) is -3.68. The van der Waals surface area contributed by atoms with Crippen molar-refractivity contribution in [3.63, 3.8) is 0 Å². The first kappa shape index (κ1) is 24.8. The molecule has 0 unspecified atom stereocenters. The highest BCUT2D eigenvalue weighted by atomic mass is 32.2. The topological polar surface area (TPSA) is 71.7 Å². The summed E-state index contributed by atoms with van der Waals surface area (Å²) in [5.74, 6) is 0.174. The van der Waals surface area contributed by atoms with Crippen LogP contribution in [-0.2, 0) is 16.6 Å². The molecule has 10 heteroatoms. The molecule has 0 aliphatic carbocycles. The van der Waals surface area contributed by atoms with Gasteiger partial charge in [0, 0.05) is 24.7 Å². The Hall–Kier alpha value is -2.87. The molecule has 0 aliphatic heterocycles. The summed E-state index contributed by atoms with van der Waals surface area (Å²) in [4.78, 5) is 17.0. The number of halogens is 2. The predicted molar refractivity (Wildman–Crippen MR) is 124 cm³/mol. The first-order chi connectivity index (χ1) is 15.7. The van der Waals surface area contributed by atoms with Crippen molar-refractivity contribution >= 4 is 37.5 Å². The lowest BCUT2D eigenvalue weighted by molar-refractivity contribution is 0.0997. The van der Waals surface area contributed by atoms with E-state index < -0.39 is 27.6 Å². The van der Waals surface area contributed by atoms with Crippen molar-refractivity contribution in [2.24, 2.45) is 4.99 Å². The Morgan fingerprint density at radius 3 is 2.36 bits per heavy atom. The summed E-state index contributed by atoms with van der Waals surface area (Å²) in [6, 6.07) is 7.39. The molecule has 0 spiro atoms. The Kier molecular flexibility index (Phi) is 7.79. The summed E-state index contributed by atoms with van der Waals surface area (Å²) in [6.07, 6.45) is 6.75. The van der Waals surface area contributed by atoms with Crippen LogP contribution in [0.1, 0.15) is 37.0 Å². The van der Waals surface area contributed by atoms with Crippen molar-refractivity contribution in [3.8, 4) is 12.3 Å². The van der Waals surface area contributed by atoms with Gasteiger partial charge in [-0.25, -0.2) is 17.2 Å². The summed E-state index contributed by atoms with van der Waals surface area (Å²) in [5, 5.41) is 0. The maximum Gasteiger partial charge on any atom is 0.279 e. The molecular weight excluding hydrogens is 468 g/mol. The third kappa shape index (κ3) is 5.21. The molecule has 0 fully saturated rings. The fourth-order valence-electron chi connectivity index (χ4n) is 3.37. The van der Waals surface area contributed by atoms with Gasteiger partial charge in [-0.1, -0.05) is 31.1 Å². The number of sulfonamides is 1. The Morgan fingerprint density at radius 2 is 1.79 bits per heavy atom. The number of carbonyl (C=O) groups is 1. The van der Waals surface area contributed by atoms with E-state index in [0.29, 0.717) is 25.9 Å². The number of aromatic nitrogens is 1. The number of amides is 1. The molecule has 0 N–H and O–H groups in total. The molecule has 0 aliphatic rings. The molecule has 0 bridgehead atoms. The summed E-state index contributed by atoms with van der Waals surface area (Å²) in [5.41, 5.74) is 0.224. The van der Waals surface area contributed by atoms with Crippen molar-refractivity contribution in [1.82, 2.24) is 8.87 Å². The van der Waals surface area contributed by atoms with Crippen molar-refractivity contribution in [2.45, 2.75) is 38.1 Å². The van der Waals surface area contributed by atoms with Gasteiger partial charge in [-0.2, -0.15) is 9.30 Å². The van der Waals surface area contributed by atoms with Gasteiger partial charge >= 0.3 is 0 Å². The zero-order chi connectivity index (χ0) is 24.2. The smallest absolute Gasteiger partial charge is 0.279 e. The monoisotopic (exact) mass is 491 g/mol. The largest absolute Gasteiger partial charge is 0.302 e. The Morgan fingerprint density at radius 1 is 1.15 bits per heavy atom. The molecule has 0 saturated carbocycles. The van der Waals surface area contributed by atoms with Gasteiger partial charge in [0.2, 0.25) is 10.0 Å². The van der Waals surface area contributed by atoms with E-state index in [4.69, 9.17) is 6.42 Å². The van der Waals surface area contributed by atoms with E-state index in [1.165, 1.54) is 33.1 Å². The van der Waals surface area contributed by atoms with Crippen LogP contribution < -0.4 is 4.80 Å². The van der Waals surface area contributed by atoms with Gasteiger partial charge in [-0.3, -0.25) is 4.79 Å². The van der Waals surface area contributed by atoms with Gasteiger partial charge in [-0.15, -0.1) is 6.42 Å². The Labute approximate surface area is 195 Å². The van der Waals surface area contributed by atoms with Gasteiger partial charge < -0.3 is 4.57 Å². The van der Waals surface area contributed by atoms with E-state index in [1.54, 1.807) is 0 Å². The minimum absolute atomic E-state index is 0.0590. The first-order valence-electron chi connectivity index (χ1n) is 10.3. The number of rotatable bonds is 8. The molecule has 0 radical (unpaired) electrons. The van der Waals surface area contributed by atoms with Crippen LogP contribution in [0, 0.1) is 24.0 Å². The molecule has 1 amide bonds. The number of benzene rings is 2. The molecule has 3 aromatic rings. The van der Waals surface area contributed by atoms with Crippen molar-refractivity contribution in [1.29, 1.82) is 0 Å². The Bertz CT molecular complexity index is 1380. The van der Waals surface area contributed by atoms with Crippen LogP contribution in [-0.4, -0.2) is 36.3 Å². The van der Waals surface area contributed by atoms with Crippen molar-refractivity contribution < 1.29 is 22.0 Å². The van der Waals surface area contributed by atoms with E-state index >= 15 is 0 Å². The number of fused-ring (bicyclic) bond motifs is 1. The molecule has 2 aromatic carbocycles. The van der Waals surface area contributed by atoms with Crippen LogP contribution in [0.25, 0.3) is 10.2 Å². The lowest BCUT2D eigenvalue weighted by Crippen LogP contribution is -2.32. The molecular formula is C23H23F2N3O3S2. The van der Waals surface area contributed by atoms with Crippen LogP contribution >= 0.6 is 11.3 Å². The zero-order valence-electron chi connectivity index (χ0n) is 18.2. The normalized spacial score (nSPS) is 12.4. The third-order valence-corrected chi connectivity index (χ3v) is 7.77. The highest BCUT2D eigenvalue weighted by Gasteiger charge is 2.23. The number of carbonyl (C=O) groups excluding carboxylic acids is 1. The second-order valence-electron chi connectivity index (χ2n) is 7.25. The molecule has 3 rings (SSSR count). The van der Waals surface area contributed by atoms with Crippen LogP contribution in [0.5, 0.6) is 0 Å². The first-order valence-corrected chi connectivity index (χ1v) is 12.6. The van der Waals surface area contributed by atoms with E-state index in [-0.39, 0.29) is 32.0 Å². The summed E-state index contributed by atoms with van der Waals surface area (Å²) in [6.45, 7) is 4.57. The SMILES string of the molecule is C#CCn1c(=NC(=O)c2ccc(S(=O)(=O)N(CCC)CCC)cc2)sc2cc(F)cc(F)c21. The fourth-order valence-corrected chi connectivity index (χ4v) is 6.06. The van der Waals surface area contributed by atoms with E-state index in [0.717, 1.165) is 23.5 Å². The second-order valence-corrected chi connectivity index (χ2v) is 10.2. The second kappa shape index (κ2) is 10.4. The minimum Gasteiger partial charge on any atom is -0.302 e. The molecule has 0 atom stereocenters. The standard InChI is InChI=1S/C23H23F2N3O3S2/c1-4-11-27(12-5-2)33(30,31)18-9-7-16(8-10-18)22(29)26-23-28(13-6-3)21-19(25)14-17(24)15-20(21)32-23/h3,7-10,14-15H,4-5,11-13H2,1-2H3. The van der Waals surface area contributed by atoms with Crippen LogP contribution in [0.3, 0.4) is 0 Å². The van der Waals surface area contributed by atoms with E-state index in [2.05, 4.69) is 10.9 Å². The van der Waals surface area contributed by atoms with Crippen molar-refractivity contribution in [2.75, 3.05) is 13.1 Å². The summed E-state index contributed by atoms with van der Waals surface area (Å²) < 4.78 is 56.7. The van der Waals surface area contributed by atoms with Crippen molar-refractivity contribution in [3.05, 3.63) is 58.4 Å². The average Bonchev–Trinajstić information content (AvgIpc) is 3.10. The number of terminal acetylenes is 1. The fraction of sp³-hybridized carbons (Fsp3) is 0.304. The maximum atomic E-state index is 14.3. The third-order valence-electron chi connectivity index (χ3n) is 4.83. The molecule has 33 heavy (non-hydrogen) atoms. The van der Waals surface area contributed by atoms with Crippen LogP contribution in [0.15, 0.2) is 46.3 Å². The van der Waals surface area contributed by atoms with Crippen LogP contribution in [0.2, 0.25) is 0 Å². The van der Waals surface area contributed by atoms with Gasteiger partial charge in [0.05, 0.1) is 21.7 Å².